The number of halogens is 1. The van der Waals surface area contributed by atoms with Crippen LogP contribution in [0.4, 0.5) is 10.1 Å². The molecule has 1 aromatic heterocycles. The summed E-state index contributed by atoms with van der Waals surface area (Å²) in [5.41, 5.74) is 2.81. The van der Waals surface area contributed by atoms with Gasteiger partial charge in [0.15, 0.2) is 0 Å². The third kappa shape index (κ3) is 3.87. The summed E-state index contributed by atoms with van der Waals surface area (Å²) in [5.74, 6) is -0.243. The maximum atomic E-state index is 12.3. The molecule has 5 nitrogen and oxygen atoms in total. The fourth-order valence-corrected chi connectivity index (χ4v) is 1.84. The van der Waals surface area contributed by atoms with Crippen LogP contribution in [-0.4, -0.2) is 23.5 Å². The lowest BCUT2D eigenvalue weighted by Crippen LogP contribution is -2.28. The highest BCUT2D eigenvalue weighted by Gasteiger charge is 2.26. The smallest absolute Gasteiger partial charge is 0.423 e. The molecule has 7 heteroatoms. The fourth-order valence-electron chi connectivity index (χ4n) is 1.84. The van der Waals surface area contributed by atoms with E-state index in [4.69, 9.17) is 4.65 Å². The Hall–Kier alpha value is -2.25. The molecule has 21 heavy (non-hydrogen) atoms. The van der Waals surface area contributed by atoms with Gasteiger partial charge in [-0.15, -0.1) is 0 Å². The minimum atomic E-state index is -0.858. The SMILES string of the molecule is Cc1ncccc1F.O=CNc1ccc2c(c1)B(O)OC2. The van der Waals surface area contributed by atoms with Gasteiger partial charge < -0.3 is 15.0 Å². The zero-order valence-electron chi connectivity index (χ0n) is 11.4. The van der Waals surface area contributed by atoms with Crippen LogP contribution in [0.5, 0.6) is 0 Å². The van der Waals surface area contributed by atoms with Crippen molar-refractivity contribution in [3.63, 3.8) is 0 Å². The number of fused-ring (bicyclic) bond motifs is 1. The molecular weight excluding hydrogens is 274 g/mol. The highest BCUT2D eigenvalue weighted by Crippen LogP contribution is 2.13. The number of hydrogen-bond acceptors (Lipinski definition) is 4. The molecule has 0 saturated heterocycles. The summed E-state index contributed by atoms with van der Waals surface area (Å²) in [7, 11) is -0.858. The van der Waals surface area contributed by atoms with Crippen LogP contribution in [0, 0.1) is 12.7 Å². The van der Waals surface area contributed by atoms with Gasteiger partial charge in [-0.25, -0.2) is 4.39 Å². The van der Waals surface area contributed by atoms with Gasteiger partial charge in [0.1, 0.15) is 5.82 Å². The third-order valence-corrected chi connectivity index (χ3v) is 2.98. The minimum Gasteiger partial charge on any atom is -0.423 e. The van der Waals surface area contributed by atoms with Gasteiger partial charge in [0, 0.05) is 11.9 Å². The molecule has 0 atom stereocenters. The van der Waals surface area contributed by atoms with Gasteiger partial charge in [-0.3, -0.25) is 9.78 Å². The number of anilines is 1. The number of amides is 1. The Kier molecular flexibility index (Phi) is 5.02. The van der Waals surface area contributed by atoms with E-state index in [9.17, 15) is 14.2 Å². The van der Waals surface area contributed by atoms with Crippen LogP contribution in [0.1, 0.15) is 11.3 Å². The summed E-state index contributed by atoms with van der Waals surface area (Å²) >= 11 is 0. The van der Waals surface area contributed by atoms with Gasteiger partial charge in [-0.1, -0.05) is 6.07 Å². The number of carbonyl (C=O) groups excluding carboxylic acids is 1. The van der Waals surface area contributed by atoms with Crippen molar-refractivity contribution < 1.29 is 18.9 Å². The maximum Gasteiger partial charge on any atom is 0.491 e. The van der Waals surface area contributed by atoms with E-state index in [1.165, 1.54) is 6.07 Å². The normalized spacial score (nSPS) is 12.2. The molecule has 2 N–H and O–H groups in total. The van der Waals surface area contributed by atoms with Gasteiger partial charge in [-0.2, -0.15) is 0 Å². The van der Waals surface area contributed by atoms with Crippen molar-refractivity contribution in [3.05, 3.63) is 53.6 Å². The number of hydrogen-bond donors (Lipinski definition) is 2. The highest BCUT2D eigenvalue weighted by molar-refractivity contribution is 6.61. The van der Waals surface area contributed by atoms with E-state index in [-0.39, 0.29) is 5.82 Å². The first-order valence-corrected chi connectivity index (χ1v) is 6.31. The molecular formula is C14H14BFN2O3. The van der Waals surface area contributed by atoms with Crippen LogP contribution in [-0.2, 0) is 16.1 Å². The number of nitrogens with zero attached hydrogens (tertiary/aromatic N) is 1. The molecule has 0 spiro atoms. The van der Waals surface area contributed by atoms with Crippen molar-refractivity contribution in [2.45, 2.75) is 13.5 Å². The van der Waals surface area contributed by atoms with Gasteiger partial charge in [-0.05, 0) is 42.2 Å². The van der Waals surface area contributed by atoms with Crippen LogP contribution >= 0.6 is 0 Å². The van der Waals surface area contributed by atoms with E-state index in [1.807, 2.05) is 6.07 Å². The van der Waals surface area contributed by atoms with E-state index in [2.05, 4.69) is 10.3 Å². The lowest BCUT2D eigenvalue weighted by molar-refractivity contribution is -0.105. The van der Waals surface area contributed by atoms with Crippen molar-refractivity contribution in [1.82, 2.24) is 4.98 Å². The number of carbonyl (C=O) groups is 1. The molecule has 108 valence electrons. The average molecular weight is 288 g/mol. The number of pyridine rings is 1. The molecule has 2 heterocycles. The first kappa shape index (κ1) is 15.1. The summed E-state index contributed by atoms with van der Waals surface area (Å²) in [6, 6.07) is 8.28. The maximum absolute atomic E-state index is 12.3. The van der Waals surface area contributed by atoms with Crippen molar-refractivity contribution in [2.24, 2.45) is 0 Å². The van der Waals surface area contributed by atoms with Crippen LogP contribution in [0.25, 0.3) is 0 Å². The molecule has 0 bridgehead atoms. The van der Waals surface area contributed by atoms with Crippen LogP contribution in [0.2, 0.25) is 0 Å². The van der Waals surface area contributed by atoms with Crippen molar-refractivity contribution in [1.29, 1.82) is 0 Å². The molecule has 1 amide bonds. The van der Waals surface area contributed by atoms with Gasteiger partial charge in [0.05, 0.1) is 12.3 Å². The van der Waals surface area contributed by atoms with Gasteiger partial charge in [0.2, 0.25) is 6.41 Å². The van der Waals surface area contributed by atoms with Crippen LogP contribution in [0.3, 0.4) is 0 Å². The zero-order chi connectivity index (χ0) is 15.2. The molecule has 1 aromatic carbocycles. The highest BCUT2D eigenvalue weighted by atomic mass is 19.1. The summed E-state index contributed by atoms with van der Waals surface area (Å²) in [6.07, 6.45) is 2.17. The largest absolute Gasteiger partial charge is 0.491 e. The minimum absolute atomic E-state index is 0.243. The molecule has 1 aliphatic rings. The number of rotatable bonds is 2. The van der Waals surface area contributed by atoms with Crippen molar-refractivity contribution >= 4 is 24.7 Å². The molecule has 3 rings (SSSR count). The lowest BCUT2D eigenvalue weighted by Gasteiger charge is -2.01. The Morgan fingerprint density at radius 3 is 2.90 bits per heavy atom. The summed E-state index contributed by atoms with van der Waals surface area (Å²) in [6.45, 7) is 2.06. The summed E-state index contributed by atoms with van der Waals surface area (Å²) in [4.78, 5) is 13.9. The van der Waals surface area contributed by atoms with E-state index in [1.54, 1.807) is 31.3 Å². The van der Waals surface area contributed by atoms with Crippen molar-refractivity contribution in [3.8, 4) is 0 Å². The first-order valence-electron chi connectivity index (χ1n) is 6.31. The molecule has 0 radical (unpaired) electrons. The second-order valence-electron chi connectivity index (χ2n) is 4.41. The molecule has 0 unspecified atom stereocenters. The Labute approximate surface area is 121 Å². The second kappa shape index (κ2) is 6.96. The van der Waals surface area contributed by atoms with Crippen LogP contribution in [0.15, 0.2) is 36.5 Å². The molecule has 0 fully saturated rings. The monoisotopic (exact) mass is 288 g/mol. The van der Waals surface area contributed by atoms with Gasteiger partial charge in [0.25, 0.3) is 0 Å². The molecule has 1 aliphatic heterocycles. The second-order valence-corrected chi connectivity index (χ2v) is 4.41. The lowest BCUT2D eigenvalue weighted by atomic mass is 9.79. The van der Waals surface area contributed by atoms with E-state index in [0.717, 1.165) is 11.0 Å². The fraction of sp³-hybridized carbons (Fsp3) is 0.143. The Bertz CT molecular complexity index is 618. The molecule has 0 saturated carbocycles. The Morgan fingerprint density at radius 1 is 1.48 bits per heavy atom. The standard InChI is InChI=1S/C8H8BNO3.C6H6FN/c11-5-10-7-2-1-6-4-13-9(12)8(6)3-7;1-5-6(7)3-2-4-8-5/h1-3,5,12H,4H2,(H,10,11);2-4H,1H3. The zero-order valence-corrected chi connectivity index (χ0v) is 11.4. The summed E-state index contributed by atoms with van der Waals surface area (Å²) in [5, 5.41) is 11.8. The Morgan fingerprint density at radius 2 is 2.29 bits per heavy atom. The quantitative estimate of drug-likeness (QED) is 0.639. The van der Waals surface area contributed by atoms with E-state index < -0.39 is 7.12 Å². The number of aryl methyl sites for hydroxylation is 1. The molecule has 2 aromatic rings. The topological polar surface area (TPSA) is 71.5 Å². The number of aromatic nitrogens is 1. The van der Waals surface area contributed by atoms with Crippen LogP contribution < -0.4 is 10.8 Å². The predicted octanol–water partition coefficient (Wildman–Crippen LogP) is 1.00. The Balaban J connectivity index is 0.000000173. The van der Waals surface area contributed by atoms with Crippen molar-refractivity contribution in [2.75, 3.05) is 5.32 Å². The average Bonchev–Trinajstić information content (AvgIpc) is 2.85. The predicted molar refractivity (Wildman–Crippen MR) is 77.5 cm³/mol. The van der Waals surface area contributed by atoms with Gasteiger partial charge >= 0.3 is 7.12 Å². The summed E-state index contributed by atoms with van der Waals surface area (Å²) < 4.78 is 17.3. The van der Waals surface area contributed by atoms with E-state index in [0.29, 0.717) is 24.4 Å². The third-order valence-electron chi connectivity index (χ3n) is 2.98. The number of nitrogens with one attached hydrogen (secondary N) is 1. The molecule has 0 aliphatic carbocycles. The first-order chi connectivity index (χ1) is 10.1. The van der Waals surface area contributed by atoms with E-state index >= 15 is 0 Å². The number of benzene rings is 1.